The Balaban J connectivity index is 1.77. The lowest BCUT2D eigenvalue weighted by Gasteiger charge is -2.20. The average molecular weight is 448 g/mol. The molecule has 0 fully saturated rings. The number of halogens is 1. The summed E-state index contributed by atoms with van der Waals surface area (Å²) in [7, 11) is 3.11. The fraction of sp³-hybridized carbons (Fsp3) is 0.192. The molecule has 0 saturated carbocycles. The van der Waals surface area contributed by atoms with Crippen molar-refractivity contribution in [3.63, 3.8) is 0 Å². The van der Waals surface area contributed by atoms with Crippen LogP contribution in [-0.2, 0) is 6.42 Å². The van der Waals surface area contributed by atoms with Gasteiger partial charge in [0.2, 0.25) is 0 Å². The molecule has 0 saturated heterocycles. The highest BCUT2D eigenvalue weighted by Gasteiger charge is 2.25. The first kappa shape index (κ1) is 22.4. The highest BCUT2D eigenvalue weighted by Crippen LogP contribution is 2.32. The third-order valence-electron chi connectivity index (χ3n) is 5.58. The molecule has 3 aromatic carbocycles. The number of aromatic amines is 1. The van der Waals surface area contributed by atoms with Crippen molar-refractivity contribution >= 4 is 22.4 Å². The largest absolute Gasteiger partial charge is 0.497 e. The van der Waals surface area contributed by atoms with Gasteiger partial charge in [0, 0.05) is 53.2 Å². The van der Waals surface area contributed by atoms with Crippen molar-refractivity contribution in [1.82, 2.24) is 4.98 Å². The van der Waals surface area contributed by atoms with Crippen LogP contribution in [-0.4, -0.2) is 36.7 Å². The lowest BCUT2D eigenvalue weighted by Crippen LogP contribution is -2.21. The number of fused-ring (bicyclic) bond motifs is 1. The van der Waals surface area contributed by atoms with Crippen LogP contribution in [0.1, 0.15) is 27.5 Å². The molecular formula is C26H25FN2O4. The molecule has 0 amide bonds. The summed E-state index contributed by atoms with van der Waals surface area (Å²) in [6, 6.07) is 16.0. The number of benzene rings is 3. The quantitative estimate of drug-likeness (QED) is 0.318. The molecule has 0 radical (unpaired) electrons. The van der Waals surface area contributed by atoms with Gasteiger partial charge in [0.15, 0.2) is 5.78 Å². The maximum Gasteiger partial charge on any atom is 0.191 e. The van der Waals surface area contributed by atoms with Crippen LogP contribution in [0.3, 0.4) is 0 Å². The molecule has 1 aromatic heterocycles. The number of anilines is 1. The highest BCUT2D eigenvalue weighted by atomic mass is 19.1. The van der Waals surface area contributed by atoms with Crippen molar-refractivity contribution in [1.29, 1.82) is 0 Å². The molecule has 0 aliphatic heterocycles. The number of ketones is 1. The number of rotatable bonds is 9. The summed E-state index contributed by atoms with van der Waals surface area (Å²) in [5.41, 5.74) is 3.48. The van der Waals surface area contributed by atoms with E-state index in [0.29, 0.717) is 34.7 Å². The fourth-order valence-electron chi connectivity index (χ4n) is 3.92. The van der Waals surface area contributed by atoms with Crippen LogP contribution in [0, 0.1) is 5.82 Å². The van der Waals surface area contributed by atoms with E-state index in [2.05, 4.69) is 10.3 Å². The minimum absolute atomic E-state index is 0.0127. The van der Waals surface area contributed by atoms with Crippen molar-refractivity contribution in [3.8, 4) is 11.5 Å². The molecule has 0 spiro atoms. The number of H-pyrrole nitrogens is 1. The molecule has 4 rings (SSSR count). The lowest BCUT2D eigenvalue weighted by atomic mass is 9.95. The second-order valence-electron chi connectivity index (χ2n) is 7.61. The molecule has 4 aromatic rings. The first-order valence-corrected chi connectivity index (χ1v) is 10.5. The van der Waals surface area contributed by atoms with E-state index < -0.39 is 6.04 Å². The van der Waals surface area contributed by atoms with Gasteiger partial charge in [-0.05, 0) is 29.7 Å². The highest BCUT2D eigenvalue weighted by molar-refractivity contribution is 6.12. The van der Waals surface area contributed by atoms with Crippen molar-refractivity contribution in [2.24, 2.45) is 0 Å². The number of Topliss-reactive ketones (excluding diaryl/α,β-unsaturated/α-hetero) is 1. The monoisotopic (exact) mass is 448 g/mol. The third-order valence-corrected chi connectivity index (χ3v) is 5.58. The van der Waals surface area contributed by atoms with Gasteiger partial charge in [-0.25, -0.2) is 4.39 Å². The minimum atomic E-state index is -0.789. The Labute approximate surface area is 191 Å². The predicted molar refractivity (Wildman–Crippen MR) is 126 cm³/mol. The lowest BCUT2D eigenvalue weighted by molar-refractivity contribution is 0.0971. The molecule has 0 bridgehead atoms. The van der Waals surface area contributed by atoms with Crippen LogP contribution in [0.4, 0.5) is 10.1 Å². The Morgan fingerprint density at radius 2 is 1.76 bits per heavy atom. The summed E-state index contributed by atoms with van der Waals surface area (Å²) in [6.07, 6.45) is 2.16. The molecular weight excluding hydrogens is 423 g/mol. The van der Waals surface area contributed by atoms with Gasteiger partial charge < -0.3 is 24.9 Å². The zero-order valence-electron chi connectivity index (χ0n) is 18.4. The summed E-state index contributed by atoms with van der Waals surface area (Å²) in [4.78, 5) is 17.0. The first-order valence-electron chi connectivity index (χ1n) is 10.5. The van der Waals surface area contributed by atoms with E-state index in [4.69, 9.17) is 9.47 Å². The van der Waals surface area contributed by atoms with E-state index >= 15 is 0 Å². The van der Waals surface area contributed by atoms with E-state index in [1.54, 1.807) is 50.7 Å². The third kappa shape index (κ3) is 4.68. The van der Waals surface area contributed by atoms with Gasteiger partial charge in [-0.3, -0.25) is 4.79 Å². The van der Waals surface area contributed by atoms with Crippen LogP contribution in [0.5, 0.6) is 11.5 Å². The topological polar surface area (TPSA) is 83.6 Å². The molecule has 1 atom stereocenters. The van der Waals surface area contributed by atoms with Crippen LogP contribution in [0.25, 0.3) is 10.9 Å². The molecule has 0 aliphatic rings. The maximum absolute atomic E-state index is 13.8. The summed E-state index contributed by atoms with van der Waals surface area (Å²) in [6.45, 7) is 0.0127. The van der Waals surface area contributed by atoms with Crippen LogP contribution in [0.15, 0.2) is 66.9 Å². The Morgan fingerprint density at radius 3 is 2.39 bits per heavy atom. The standard InChI is InChI=1S/C26H25FN2O4/c1-32-20-12-19(13-21(14-20)33-2)29-25(17-6-8-18(27)9-7-17)26(31)23-15-28-24-16(10-11-30)4-3-5-22(23)24/h3-9,12-15,25,28-30H,10-11H2,1-2H3. The number of ether oxygens (including phenoxy) is 2. The van der Waals surface area contributed by atoms with E-state index in [1.807, 2.05) is 18.2 Å². The van der Waals surface area contributed by atoms with Gasteiger partial charge in [-0.1, -0.05) is 30.3 Å². The SMILES string of the molecule is COc1cc(NC(C(=O)c2c[nH]c3c(CCO)cccc23)c2ccc(F)cc2)cc(OC)c1. The number of carbonyl (C=O) groups is 1. The first-order chi connectivity index (χ1) is 16.0. The average Bonchev–Trinajstić information content (AvgIpc) is 3.28. The number of hydrogen-bond donors (Lipinski definition) is 3. The Bertz CT molecular complexity index is 1250. The van der Waals surface area contributed by atoms with Crippen LogP contribution >= 0.6 is 0 Å². The summed E-state index contributed by atoms with van der Waals surface area (Å²) in [5.74, 6) is 0.579. The van der Waals surface area contributed by atoms with E-state index in [0.717, 1.165) is 16.5 Å². The number of methoxy groups -OCH3 is 2. The smallest absolute Gasteiger partial charge is 0.191 e. The molecule has 6 nitrogen and oxygen atoms in total. The number of hydrogen-bond acceptors (Lipinski definition) is 5. The molecule has 33 heavy (non-hydrogen) atoms. The number of para-hydroxylation sites is 1. The zero-order valence-corrected chi connectivity index (χ0v) is 18.4. The number of nitrogens with one attached hydrogen (secondary N) is 2. The maximum atomic E-state index is 13.8. The Hall–Kier alpha value is -3.84. The van der Waals surface area contributed by atoms with Crippen molar-refractivity contribution in [2.45, 2.75) is 12.5 Å². The number of aromatic nitrogens is 1. The van der Waals surface area contributed by atoms with Gasteiger partial charge in [0.05, 0.1) is 14.2 Å². The molecule has 7 heteroatoms. The van der Waals surface area contributed by atoms with E-state index in [-0.39, 0.29) is 18.2 Å². The molecule has 170 valence electrons. The van der Waals surface area contributed by atoms with Gasteiger partial charge in [0.25, 0.3) is 0 Å². The van der Waals surface area contributed by atoms with Crippen molar-refractivity contribution in [3.05, 3.63) is 89.4 Å². The summed E-state index contributed by atoms with van der Waals surface area (Å²) >= 11 is 0. The second-order valence-corrected chi connectivity index (χ2v) is 7.61. The Morgan fingerprint density at radius 1 is 1.06 bits per heavy atom. The van der Waals surface area contributed by atoms with Crippen molar-refractivity contribution in [2.75, 3.05) is 26.1 Å². The van der Waals surface area contributed by atoms with E-state index in [9.17, 15) is 14.3 Å². The van der Waals surface area contributed by atoms with Gasteiger partial charge in [0.1, 0.15) is 23.4 Å². The Kier molecular flexibility index (Phi) is 6.60. The summed E-state index contributed by atoms with van der Waals surface area (Å²) in [5, 5.41) is 13.4. The number of aliphatic hydroxyl groups excluding tert-OH is 1. The van der Waals surface area contributed by atoms with Gasteiger partial charge in [-0.2, -0.15) is 0 Å². The van der Waals surface area contributed by atoms with Crippen LogP contribution < -0.4 is 14.8 Å². The molecule has 0 aliphatic carbocycles. The number of aliphatic hydroxyl groups is 1. The summed E-state index contributed by atoms with van der Waals surface area (Å²) < 4.78 is 24.3. The van der Waals surface area contributed by atoms with Gasteiger partial charge >= 0.3 is 0 Å². The van der Waals surface area contributed by atoms with E-state index in [1.165, 1.54) is 12.1 Å². The fourth-order valence-corrected chi connectivity index (χ4v) is 3.92. The van der Waals surface area contributed by atoms with Gasteiger partial charge in [-0.15, -0.1) is 0 Å². The van der Waals surface area contributed by atoms with Crippen LogP contribution in [0.2, 0.25) is 0 Å². The molecule has 1 heterocycles. The normalized spacial score (nSPS) is 11.9. The number of carbonyl (C=O) groups excluding carboxylic acids is 1. The predicted octanol–water partition coefficient (Wildman–Crippen LogP) is 4.90. The van der Waals surface area contributed by atoms with Crippen molar-refractivity contribution < 1.29 is 23.8 Å². The minimum Gasteiger partial charge on any atom is -0.497 e. The molecule has 1 unspecified atom stereocenters. The second kappa shape index (κ2) is 9.75. The zero-order chi connectivity index (χ0) is 23.4. The molecule has 3 N–H and O–H groups in total.